The largest absolute Gasteiger partial charge is 0.306 e. The summed E-state index contributed by atoms with van der Waals surface area (Å²) in [5, 5.41) is 0. The average Bonchev–Trinajstić information content (AvgIpc) is 2.33. The van der Waals surface area contributed by atoms with Gasteiger partial charge in [-0.3, -0.25) is 0 Å². The average molecular weight is 267 g/mol. The molecule has 19 heavy (non-hydrogen) atoms. The molecule has 2 rings (SSSR count). The highest BCUT2D eigenvalue weighted by molar-refractivity contribution is 4.79. The summed E-state index contributed by atoms with van der Waals surface area (Å²) in [5.41, 5.74) is 0.441. The van der Waals surface area contributed by atoms with E-state index in [9.17, 15) is 0 Å². The van der Waals surface area contributed by atoms with Crippen LogP contribution in [-0.4, -0.2) is 74.1 Å². The summed E-state index contributed by atoms with van der Waals surface area (Å²) in [4.78, 5) is 7.82. The Labute approximate surface area is 119 Å². The Kier molecular flexibility index (Phi) is 5.27. The summed E-state index contributed by atoms with van der Waals surface area (Å²) in [6, 6.07) is 0. The Bertz CT molecular complexity index is 256. The molecule has 0 amide bonds. The maximum absolute atomic E-state index is 2.70. The summed E-state index contributed by atoms with van der Waals surface area (Å²) in [5.74, 6) is 0.949. The van der Waals surface area contributed by atoms with E-state index in [1.165, 1.54) is 65.2 Å². The molecule has 0 radical (unpaired) electrons. The molecule has 0 aliphatic carbocycles. The molecule has 2 aliphatic heterocycles. The number of likely N-dealkylation sites (tertiary alicyclic amines) is 1. The Morgan fingerprint density at radius 3 is 1.89 bits per heavy atom. The quantitative estimate of drug-likeness (QED) is 0.774. The molecular formula is C16H33N3. The maximum atomic E-state index is 2.70. The SMILES string of the molecule is CN1CCC(CN2CCN(CC(C)(C)C)CC2)CC1. The lowest BCUT2D eigenvalue weighted by atomic mass is 9.95. The van der Waals surface area contributed by atoms with Crippen LogP contribution < -0.4 is 0 Å². The molecule has 3 nitrogen and oxygen atoms in total. The zero-order valence-corrected chi connectivity index (χ0v) is 13.5. The molecule has 0 aromatic heterocycles. The van der Waals surface area contributed by atoms with Crippen LogP contribution in [0.1, 0.15) is 33.6 Å². The van der Waals surface area contributed by atoms with Crippen LogP contribution in [0.25, 0.3) is 0 Å². The first-order chi connectivity index (χ1) is 8.92. The maximum Gasteiger partial charge on any atom is 0.0110 e. The summed E-state index contributed by atoms with van der Waals surface area (Å²) >= 11 is 0. The smallest absolute Gasteiger partial charge is 0.0110 e. The second-order valence-corrected chi connectivity index (χ2v) is 7.88. The van der Waals surface area contributed by atoms with Crippen LogP contribution in [0.2, 0.25) is 0 Å². The van der Waals surface area contributed by atoms with Gasteiger partial charge in [0.2, 0.25) is 0 Å². The number of piperazine rings is 1. The highest BCUT2D eigenvalue weighted by atomic mass is 15.3. The van der Waals surface area contributed by atoms with Gasteiger partial charge in [0.25, 0.3) is 0 Å². The molecule has 0 aromatic rings. The van der Waals surface area contributed by atoms with E-state index in [1.807, 2.05) is 0 Å². The van der Waals surface area contributed by atoms with Crippen molar-refractivity contribution < 1.29 is 0 Å². The van der Waals surface area contributed by atoms with Gasteiger partial charge in [0.1, 0.15) is 0 Å². The molecule has 0 aromatic carbocycles. The van der Waals surface area contributed by atoms with Crippen LogP contribution >= 0.6 is 0 Å². The molecule has 2 fully saturated rings. The lowest BCUT2D eigenvalue weighted by molar-refractivity contribution is 0.0812. The molecule has 3 heteroatoms. The van der Waals surface area contributed by atoms with E-state index in [1.54, 1.807) is 0 Å². The van der Waals surface area contributed by atoms with Crippen molar-refractivity contribution >= 4 is 0 Å². The molecule has 0 spiro atoms. The van der Waals surface area contributed by atoms with Crippen LogP contribution in [0.5, 0.6) is 0 Å². The van der Waals surface area contributed by atoms with Crippen molar-refractivity contribution in [3.8, 4) is 0 Å². The minimum Gasteiger partial charge on any atom is -0.306 e. The van der Waals surface area contributed by atoms with E-state index < -0.39 is 0 Å². The van der Waals surface area contributed by atoms with Crippen molar-refractivity contribution in [1.29, 1.82) is 0 Å². The molecule has 0 N–H and O–H groups in total. The predicted molar refractivity (Wildman–Crippen MR) is 82.6 cm³/mol. The molecule has 2 saturated heterocycles. The number of piperidine rings is 1. The first-order valence-corrected chi connectivity index (χ1v) is 8.06. The van der Waals surface area contributed by atoms with Crippen molar-refractivity contribution in [2.24, 2.45) is 11.3 Å². The number of hydrogen-bond donors (Lipinski definition) is 0. The van der Waals surface area contributed by atoms with Crippen molar-refractivity contribution in [2.45, 2.75) is 33.6 Å². The predicted octanol–water partition coefficient (Wildman–Crippen LogP) is 1.99. The first-order valence-electron chi connectivity index (χ1n) is 8.06. The zero-order chi connectivity index (χ0) is 13.9. The Morgan fingerprint density at radius 1 is 0.842 bits per heavy atom. The van der Waals surface area contributed by atoms with Crippen LogP contribution in [0.15, 0.2) is 0 Å². The van der Waals surface area contributed by atoms with E-state index in [-0.39, 0.29) is 0 Å². The van der Waals surface area contributed by atoms with Crippen molar-refractivity contribution in [2.75, 3.05) is 59.4 Å². The monoisotopic (exact) mass is 267 g/mol. The minimum absolute atomic E-state index is 0.441. The Morgan fingerprint density at radius 2 is 1.37 bits per heavy atom. The van der Waals surface area contributed by atoms with Gasteiger partial charge in [-0.05, 0) is 44.3 Å². The van der Waals surface area contributed by atoms with E-state index in [0.29, 0.717) is 5.41 Å². The molecule has 112 valence electrons. The van der Waals surface area contributed by atoms with Gasteiger partial charge in [-0.15, -0.1) is 0 Å². The Hall–Kier alpha value is -0.120. The number of hydrogen-bond acceptors (Lipinski definition) is 3. The van der Waals surface area contributed by atoms with Crippen LogP contribution in [0.3, 0.4) is 0 Å². The zero-order valence-electron chi connectivity index (χ0n) is 13.5. The van der Waals surface area contributed by atoms with Crippen LogP contribution in [-0.2, 0) is 0 Å². The molecule has 0 unspecified atom stereocenters. The highest BCUT2D eigenvalue weighted by Crippen LogP contribution is 2.20. The molecule has 0 saturated carbocycles. The number of rotatable bonds is 3. The molecule has 2 aliphatic rings. The van der Waals surface area contributed by atoms with Gasteiger partial charge in [0, 0.05) is 39.3 Å². The molecule has 0 atom stereocenters. The van der Waals surface area contributed by atoms with Crippen LogP contribution in [0.4, 0.5) is 0 Å². The third kappa shape index (κ3) is 5.41. The van der Waals surface area contributed by atoms with Crippen LogP contribution in [0, 0.1) is 11.3 Å². The van der Waals surface area contributed by atoms with Gasteiger partial charge in [-0.2, -0.15) is 0 Å². The van der Waals surface area contributed by atoms with Gasteiger partial charge < -0.3 is 14.7 Å². The second-order valence-electron chi connectivity index (χ2n) is 7.88. The summed E-state index contributed by atoms with van der Waals surface area (Å²) in [6.45, 7) is 17.3. The molecule has 2 heterocycles. The van der Waals surface area contributed by atoms with Gasteiger partial charge >= 0.3 is 0 Å². The Balaban J connectivity index is 1.66. The van der Waals surface area contributed by atoms with Crippen molar-refractivity contribution in [3.63, 3.8) is 0 Å². The van der Waals surface area contributed by atoms with Crippen molar-refractivity contribution in [1.82, 2.24) is 14.7 Å². The first kappa shape index (κ1) is 15.3. The lowest BCUT2D eigenvalue weighted by Crippen LogP contribution is -2.50. The van der Waals surface area contributed by atoms with Gasteiger partial charge in [0.15, 0.2) is 0 Å². The van der Waals surface area contributed by atoms with E-state index in [4.69, 9.17) is 0 Å². The van der Waals surface area contributed by atoms with Gasteiger partial charge in [-0.1, -0.05) is 20.8 Å². The van der Waals surface area contributed by atoms with E-state index in [0.717, 1.165) is 5.92 Å². The summed E-state index contributed by atoms with van der Waals surface area (Å²) < 4.78 is 0. The van der Waals surface area contributed by atoms with Crippen molar-refractivity contribution in [3.05, 3.63) is 0 Å². The van der Waals surface area contributed by atoms with Gasteiger partial charge in [0.05, 0.1) is 0 Å². The summed E-state index contributed by atoms with van der Waals surface area (Å²) in [6.07, 6.45) is 2.80. The second kappa shape index (κ2) is 6.55. The minimum atomic E-state index is 0.441. The van der Waals surface area contributed by atoms with E-state index in [2.05, 4.69) is 42.5 Å². The fourth-order valence-corrected chi connectivity index (χ4v) is 3.41. The topological polar surface area (TPSA) is 9.72 Å². The standard InChI is InChI=1S/C16H33N3/c1-16(2,3)14-19-11-9-18(10-12-19)13-15-5-7-17(4)8-6-15/h15H,5-14H2,1-4H3. The molecular weight excluding hydrogens is 234 g/mol. The normalized spacial score (nSPS) is 25.9. The third-order valence-electron chi connectivity index (χ3n) is 4.52. The van der Waals surface area contributed by atoms with Gasteiger partial charge in [-0.25, -0.2) is 0 Å². The third-order valence-corrected chi connectivity index (χ3v) is 4.52. The molecule has 0 bridgehead atoms. The number of nitrogens with zero attached hydrogens (tertiary/aromatic N) is 3. The van der Waals surface area contributed by atoms with E-state index >= 15 is 0 Å². The fraction of sp³-hybridized carbons (Fsp3) is 1.00. The summed E-state index contributed by atoms with van der Waals surface area (Å²) in [7, 11) is 2.25. The lowest BCUT2D eigenvalue weighted by Gasteiger charge is -2.40. The fourth-order valence-electron chi connectivity index (χ4n) is 3.41. The highest BCUT2D eigenvalue weighted by Gasteiger charge is 2.24.